The van der Waals surface area contributed by atoms with Gasteiger partial charge in [-0.2, -0.15) is 0 Å². The zero-order valence-corrected chi connectivity index (χ0v) is 18.5. The lowest BCUT2D eigenvalue weighted by Crippen LogP contribution is -1.91. The van der Waals surface area contributed by atoms with Crippen molar-refractivity contribution < 1.29 is 4.42 Å². The van der Waals surface area contributed by atoms with Crippen LogP contribution in [0, 0.1) is 0 Å². The second-order valence-corrected chi connectivity index (χ2v) is 9.32. The fourth-order valence-corrected chi connectivity index (χ4v) is 5.98. The fraction of sp³-hybridized carbons (Fsp3) is 0. The molecule has 3 heteroatoms. The highest BCUT2D eigenvalue weighted by atomic mass is 32.1. The maximum absolute atomic E-state index is 6.44. The Labute approximate surface area is 194 Å². The van der Waals surface area contributed by atoms with E-state index in [9.17, 15) is 0 Å². The van der Waals surface area contributed by atoms with Crippen molar-refractivity contribution in [3.63, 3.8) is 0 Å². The number of furan rings is 1. The van der Waals surface area contributed by atoms with Gasteiger partial charge >= 0.3 is 0 Å². The highest BCUT2D eigenvalue weighted by molar-refractivity contribution is 7.26. The van der Waals surface area contributed by atoms with Crippen molar-refractivity contribution in [2.75, 3.05) is 5.32 Å². The molecule has 7 rings (SSSR count). The number of benzene rings is 5. The summed E-state index contributed by atoms with van der Waals surface area (Å²) in [5.41, 5.74) is 6.27. The van der Waals surface area contributed by atoms with E-state index in [-0.39, 0.29) is 0 Å². The summed E-state index contributed by atoms with van der Waals surface area (Å²) in [6.07, 6.45) is 0. The van der Waals surface area contributed by atoms with Crippen molar-refractivity contribution in [1.29, 1.82) is 0 Å². The maximum atomic E-state index is 6.44. The Balaban J connectivity index is 1.55. The molecule has 7 aromatic rings. The first-order valence-electron chi connectivity index (χ1n) is 11.0. The molecule has 156 valence electrons. The van der Waals surface area contributed by atoms with Gasteiger partial charge < -0.3 is 9.73 Å². The molecule has 5 aromatic carbocycles. The van der Waals surface area contributed by atoms with Gasteiger partial charge in [0.05, 0.1) is 0 Å². The van der Waals surface area contributed by atoms with Crippen LogP contribution in [0.15, 0.2) is 114 Å². The predicted octanol–water partition coefficient (Wildman–Crippen LogP) is 9.36. The van der Waals surface area contributed by atoms with E-state index in [1.165, 1.54) is 25.7 Å². The zero-order chi connectivity index (χ0) is 21.8. The average Bonchev–Trinajstić information content (AvgIpc) is 3.43. The molecule has 0 aliphatic carbocycles. The van der Waals surface area contributed by atoms with Gasteiger partial charge in [-0.3, -0.25) is 0 Å². The van der Waals surface area contributed by atoms with Crippen LogP contribution in [0.25, 0.3) is 53.2 Å². The minimum absolute atomic E-state index is 0.911. The normalized spacial score (nSPS) is 11.6. The lowest BCUT2D eigenvalue weighted by molar-refractivity contribution is 0.670. The van der Waals surface area contributed by atoms with Gasteiger partial charge in [0.25, 0.3) is 0 Å². The first-order chi connectivity index (χ1) is 16.3. The Morgan fingerprint density at radius 1 is 0.545 bits per heavy atom. The SMILES string of the molecule is c1ccc(Nc2cc(-c3cccc4c3sc3ccccc34)c3oc4ccccc4c3c2)cc1. The summed E-state index contributed by atoms with van der Waals surface area (Å²) in [7, 11) is 0. The highest BCUT2D eigenvalue weighted by Crippen LogP contribution is 2.44. The summed E-state index contributed by atoms with van der Waals surface area (Å²) in [5.74, 6) is 0. The molecule has 1 N–H and O–H groups in total. The fourth-order valence-electron chi connectivity index (χ4n) is 4.75. The van der Waals surface area contributed by atoms with E-state index in [4.69, 9.17) is 4.42 Å². The monoisotopic (exact) mass is 441 g/mol. The van der Waals surface area contributed by atoms with Gasteiger partial charge in [-0.05, 0) is 36.4 Å². The number of anilines is 2. The smallest absolute Gasteiger partial charge is 0.143 e. The molecule has 0 bridgehead atoms. The van der Waals surface area contributed by atoms with E-state index < -0.39 is 0 Å². The topological polar surface area (TPSA) is 25.2 Å². The average molecular weight is 442 g/mol. The van der Waals surface area contributed by atoms with Crippen molar-refractivity contribution in [2.24, 2.45) is 0 Å². The molecule has 2 heterocycles. The first kappa shape index (κ1) is 18.5. The number of rotatable bonds is 3. The Morgan fingerprint density at radius 2 is 1.30 bits per heavy atom. The van der Waals surface area contributed by atoms with Crippen LogP contribution >= 0.6 is 11.3 Å². The second-order valence-electron chi connectivity index (χ2n) is 8.27. The third kappa shape index (κ3) is 2.94. The summed E-state index contributed by atoms with van der Waals surface area (Å²) in [5, 5.41) is 8.45. The van der Waals surface area contributed by atoms with Crippen molar-refractivity contribution in [3.8, 4) is 11.1 Å². The number of hydrogen-bond acceptors (Lipinski definition) is 3. The van der Waals surface area contributed by atoms with Crippen molar-refractivity contribution in [1.82, 2.24) is 0 Å². The molecule has 0 saturated carbocycles. The lowest BCUT2D eigenvalue weighted by atomic mass is 9.99. The van der Waals surface area contributed by atoms with Gasteiger partial charge in [-0.15, -0.1) is 11.3 Å². The first-order valence-corrected chi connectivity index (χ1v) is 11.8. The van der Waals surface area contributed by atoms with E-state index in [2.05, 4.69) is 84.2 Å². The number of fused-ring (bicyclic) bond motifs is 6. The molecule has 0 aliphatic rings. The van der Waals surface area contributed by atoms with E-state index in [1.54, 1.807) is 0 Å². The molecule has 0 amide bonds. The zero-order valence-electron chi connectivity index (χ0n) is 17.7. The minimum Gasteiger partial charge on any atom is -0.455 e. The van der Waals surface area contributed by atoms with Crippen LogP contribution in [0.4, 0.5) is 11.4 Å². The minimum atomic E-state index is 0.911. The van der Waals surface area contributed by atoms with Gasteiger partial charge in [0, 0.05) is 53.4 Å². The quantitative estimate of drug-likeness (QED) is 0.295. The Kier molecular flexibility index (Phi) is 4.05. The Bertz CT molecular complexity index is 1790. The van der Waals surface area contributed by atoms with E-state index in [0.29, 0.717) is 0 Å². The predicted molar refractivity (Wildman–Crippen MR) is 142 cm³/mol. The number of hydrogen-bond donors (Lipinski definition) is 1. The molecule has 2 nitrogen and oxygen atoms in total. The molecule has 2 aromatic heterocycles. The molecule has 0 spiro atoms. The van der Waals surface area contributed by atoms with Crippen LogP contribution in [0.5, 0.6) is 0 Å². The number of para-hydroxylation sites is 2. The van der Waals surface area contributed by atoms with Gasteiger partial charge in [0.2, 0.25) is 0 Å². The molecule has 0 aliphatic heterocycles. The molecule has 0 radical (unpaired) electrons. The summed E-state index contributed by atoms with van der Waals surface area (Å²) in [4.78, 5) is 0. The summed E-state index contributed by atoms with van der Waals surface area (Å²) >= 11 is 1.85. The molecule has 0 fully saturated rings. The van der Waals surface area contributed by atoms with E-state index >= 15 is 0 Å². The standard InChI is InChI=1S/C30H19NOS/c1-2-9-19(10-3-1)31-20-17-25-21-11-4-6-15-27(21)32-29(25)26(18-20)24-14-8-13-23-22-12-5-7-16-28(22)33-30(23)24/h1-18,31H. The van der Waals surface area contributed by atoms with Crippen LogP contribution in [-0.4, -0.2) is 0 Å². The van der Waals surface area contributed by atoms with Crippen molar-refractivity contribution in [2.45, 2.75) is 0 Å². The van der Waals surface area contributed by atoms with Crippen LogP contribution in [-0.2, 0) is 0 Å². The van der Waals surface area contributed by atoms with Gasteiger partial charge in [-0.1, -0.05) is 72.8 Å². The third-order valence-corrected chi connectivity index (χ3v) is 7.45. The van der Waals surface area contributed by atoms with Crippen molar-refractivity contribution >= 4 is 64.8 Å². The lowest BCUT2D eigenvalue weighted by Gasteiger charge is -2.11. The summed E-state index contributed by atoms with van der Waals surface area (Å²) in [6.45, 7) is 0. The second kappa shape index (κ2) is 7.22. The van der Waals surface area contributed by atoms with Crippen LogP contribution in [0.1, 0.15) is 0 Å². The molecule has 0 unspecified atom stereocenters. The molecular formula is C30H19NOS. The Hall–Kier alpha value is -4.08. The summed E-state index contributed by atoms with van der Waals surface area (Å²) in [6, 6.07) is 38.2. The largest absolute Gasteiger partial charge is 0.455 e. The molecule has 33 heavy (non-hydrogen) atoms. The van der Waals surface area contributed by atoms with Crippen LogP contribution in [0.3, 0.4) is 0 Å². The number of thiophene rings is 1. The van der Waals surface area contributed by atoms with Crippen LogP contribution in [0.2, 0.25) is 0 Å². The molecule has 0 saturated heterocycles. The maximum Gasteiger partial charge on any atom is 0.143 e. The Morgan fingerprint density at radius 3 is 2.21 bits per heavy atom. The summed E-state index contributed by atoms with van der Waals surface area (Å²) < 4.78 is 9.04. The van der Waals surface area contributed by atoms with Crippen LogP contribution < -0.4 is 5.32 Å². The highest BCUT2D eigenvalue weighted by Gasteiger charge is 2.17. The van der Waals surface area contributed by atoms with Gasteiger partial charge in [0.15, 0.2) is 0 Å². The third-order valence-electron chi connectivity index (χ3n) is 6.24. The number of nitrogens with one attached hydrogen (secondary N) is 1. The van der Waals surface area contributed by atoms with Gasteiger partial charge in [-0.25, -0.2) is 0 Å². The van der Waals surface area contributed by atoms with Crippen molar-refractivity contribution in [3.05, 3.63) is 109 Å². The van der Waals surface area contributed by atoms with E-state index in [1.807, 2.05) is 41.7 Å². The van der Waals surface area contributed by atoms with Gasteiger partial charge in [0.1, 0.15) is 11.2 Å². The van der Waals surface area contributed by atoms with E-state index in [0.717, 1.165) is 38.9 Å². The molecular weight excluding hydrogens is 422 g/mol. The molecule has 0 atom stereocenters.